The summed E-state index contributed by atoms with van der Waals surface area (Å²) in [5.41, 5.74) is 0.788. The zero-order valence-electron chi connectivity index (χ0n) is 12.1. The maximum Gasteiger partial charge on any atom is 0.303 e. The third-order valence-corrected chi connectivity index (χ3v) is 3.20. The highest BCUT2D eigenvalue weighted by Crippen LogP contribution is 2.07. The fourth-order valence-corrected chi connectivity index (χ4v) is 2.07. The first-order chi connectivity index (χ1) is 9.59. The van der Waals surface area contributed by atoms with Crippen LogP contribution >= 0.6 is 0 Å². The smallest absolute Gasteiger partial charge is 0.303 e. The van der Waals surface area contributed by atoms with Gasteiger partial charge < -0.3 is 15.3 Å². The Balaban J connectivity index is 2.01. The summed E-state index contributed by atoms with van der Waals surface area (Å²) in [7, 11) is 1.94. The predicted octanol–water partition coefficient (Wildman–Crippen LogP) is 1.91. The van der Waals surface area contributed by atoms with E-state index in [4.69, 9.17) is 5.11 Å². The van der Waals surface area contributed by atoms with Crippen molar-refractivity contribution >= 4 is 11.9 Å². The number of amides is 1. The Bertz CT molecular complexity index is 389. The first kappa shape index (κ1) is 16.3. The van der Waals surface area contributed by atoms with Gasteiger partial charge in [0.25, 0.3) is 0 Å². The largest absolute Gasteiger partial charge is 0.481 e. The molecule has 0 spiro atoms. The van der Waals surface area contributed by atoms with E-state index in [1.165, 1.54) is 0 Å². The zero-order valence-corrected chi connectivity index (χ0v) is 12.1. The summed E-state index contributed by atoms with van der Waals surface area (Å²) in [5, 5.41) is 11.4. The lowest BCUT2D eigenvalue weighted by molar-refractivity contribution is -0.137. The van der Waals surface area contributed by atoms with Crippen LogP contribution in [0.25, 0.3) is 0 Å². The number of carbonyl (C=O) groups excluding carboxylic acids is 1. The van der Waals surface area contributed by atoms with Crippen molar-refractivity contribution in [1.82, 2.24) is 10.2 Å². The molecule has 1 heterocycles. The molecular formula is C15H24N2O3. The molecule has 20 heavy (non-hydrogen) atoms. The Labute approximate surface area is 120 Å². The molecule has 0 atom stereocenters. The maximum atomic E-state index is 11.8. The predicted molar refractivity (Wildman–Crippen MR) is 78.2 cm³/mol. The van der Waals surface area contributed by atoms with Crippen LogP contribution in [0, 0.1) is 0 Å². The van der Waals surface area contributed by atoms with Gasteiger partial charge in [-0.15, -0.1) is 0 Å². The number of likely N-dealkylation sites (N-methyl/N-ethyl adjacent to an activating group) is 1. The number of carboxylic acid groups (broad SMARTS) is 1. The minimum absolute atomic E-state index is 0.00655. The minimum Gasteiger partial charge on any atom is -0.481 e. The van der Waals surface area contributed by atoms with E-state index >= 15 is 0 Å². The molecule has 0 radical (unpaired) electrons. The summed E-state index contributed by atoms with van der Waals surface area (Å²) < 4.78 is 0. The molecule has 1 amide bonds. The number of carboxylic acids is 1. The van der Waals surface area contributed by atoms with Crippen LogP contribution < -0.4 is 5.32 Å². The first-order valence-electron chi connectivity index (χ1n) is 7.17. The van der Waals surface area contributed by atoms with Crippen LogP contribution in [0.4, 0.5) is 0 Å². The van der Waals surface area contributed by atoms with E-state index < -0.39 is 5.97 Å². The van der Waals surface area contributed by atoms with Gasteiger partial charge in [0, 0.05) is 32.1 Å². The number of rotatable bonds is 9. The molecule has 0 fully saturated rings. The standard InChI is InChI=1S/C15H24N2O3/c1-17-11-7-8-13(12-17)15(20)16-10-6-4-2-3-5-9-14(18)19/h7-8,11H,2-6,9-10,12H2,1H3,(H,16,20)(H,18,19). The average molecular weight is 280 g/mol. The van der Waals surface area contributed by atoms with Gasteiger partial charge >= 0.3 is 5.97 Å². The van der Waals surface area contributed by atoms with Crippen LogP contribution in [0.15, 0.2) is 23.9 Å². The number of allylic oxidation sites excluding steroid dienone is 2. The molecule has 0 unspecified atom stereocenters. The van der Waals surface area contributed by atoms with E-state index in [2.05, 4.69) is 5.32 Å². The van der Waals surface area contributed by atoms with E-state index in [-0.39, 0.29) is 12.3 Å². The van der Waals surface area contributed by atoms with Crippen molar-refractivity contribution in [3.63, 3.8) is 0 Å². The highest BCUT2D eigenvalue weighted by molar-refractivity contribution is 5.94. The summed E-state index contributed by atoms with van der Waals surface area (Å²) in [6.45, 7) is 1.33. The number of hydrogen-bond donors (Lipinski definition) is 2. The van der Waals surface area contributed by atoms with E-state index in [9.17, 15) is 9.59 Å². The lowest BCUT2D eigenvalue weighted by atomic mass is 10.1. The Morgan fingerprint density at radius 2 is 1.95 bits per heavy atom. The van der Waals surface area contributed by atoms with Crippen LogP contribution in [-0.2, 0) is 9.59 Å². The highest BCUT2D eigenvalue weighted by atomic mass is 16.4. The van der Waals surface area contributed by atoms with Crippen molar-refractivity contribution in [2.75, 3.05) is 20.1 Å². The van der Waals surface area contributed by atoms with Crippen LogP contribution in [-0.4, -0.2) is 42.0 Å². The summed E-state index contributed by atoms with van der Waals surface area (Å²) >= 11 is 0. The highest BCUT2D eigenvalue weighted by Gasteiger charge is 2.11. The fourth-order valence-electron chi connectivity index (χ4n) is 2.07. The molecule has 0 saturated carbocycles. The maximum absolute atomic E-state index is 11.8. The van der Waals surface area contributed by atoms with Crippen LogP contribution in [0.3, 0.4) is 0 Å². The number of carbonyl (C=O) groups is 2. The van der Waals surface area contributed by atoms with Gasteiger partial charge in [-0.25, -0.2) is 0 Å². The lowest BCUT2D eigenvalue weighted by Gasteiger charge is -2.19. The normalized spacial score (nSPS) is 14.1. The van der Waals surface area contributed by atoms with Crippen molar-refractivity contribution in [1.29, 1.82) is 0 Å². The van der Waals surface area contributed by atoms with Gasteiger partial charge in [-0.3, -0.25) is 9.59 Å². The number of nitrogens with zero attached hydrogens (tertiary/aromatic N) is 1. The molecule has 0 aromatic rings. The number of nitrogens with one attached hydrogen (secondary N) is 1. The lowest BCUT2D eigenvalue weighted by Crippen LogP contribution is -2.31. The van der Waals surface area contributed by atoms with Gasteiger partial charge in [-0.2, -0.15) is 0 Å². The second kappa shape index (κ2) is 9.18. The summed E-state index contributed by atoms with van der Waals surface area (Å²) in [6.07, 6.45) is 10.6. The Morgan fingerprint density at radius 1 is 1.25 bits per heavy atom. The quantitative estimate of drug-likeness (QED) is 0.633. The topological polar surface area (TPSA) is 69.6 Å². The molecule has 5 heteroatoms. The van der Waals surface area contributed by atoms with Gasteiger partial charge in [0.15, 0.2) is 0 Å². The van der Waals surface area contributed by atoms with Crippen molar-refractivity contribution in [2.24, 2.45) is 0 Å². The van der Waals surface area contributed by atoms with Gasteiger partial charge in [0.2, 0.25) is 5.91 Å². The molecule has 0 aromatic carbocycles. The molecule has 1 aliphatic heterocycles. The Kier molecular flexibility index (Phi) is 7.47. The zero-order chi connectivity index (χ0) is 14.8. The molecule has 0 aliphatic carbocycles. The van der Waals surface area contributed by atoms with Gasteiger partial charge in [0.05, 0.1) is 0 Å². The molecule has 0 bridgehead atoms. The SMILES string of the molecule is CN1C=CC=C(C(=O)NCCCCCCCC(=O)O)C1. The number of aliphatic carboxylic acids is 1. The van der Waals surface area contributed by atoms with E-state index in [0.717, 1.165) is 37.7 Å². The van der Waals surface area contributed by atoms with Crippen LogP contribution in [0.5, 0.6) is 0 Å². The molecule has 2 N–H and O–H groups in total. The van der Waals surface area contributed by atoms with Crippen LogP contribution in [0.1, 0.15) is 38.5 Å². The molecule has 1 rings (SSSR count). The van der Waals surface area contributed by atoms with Gasteiger partial charge in [-0.1, -0.05) is 25.3 Å². The monoisotopic (exact) mass is 280 g/mol. The van der Waals surface area contributed by atoms with Crippen molar-refractivity contribution in [3.05, 3.63) is 23.9 Å². The van der Waals surface area contributed by atoms with E-state index in [1.807, 2.05) is 30.3 Å². The molecular weight excluding hydrogens is 256 g/mol. The minimum atomic E-state index is -0.725. The Hall–Kier alpha value is -1.78. The third-order valence-electron chi connectivity index (χ3n) is 3.20. The molecule has 1 aliphatic rings. The first-order valence-corrected chi connectivity index (χ1v) is 7.17. The van der Waals surface area contributed by atoms with Crippen LogP contribution in [0.2, 0.25) is 0 Å². The van der Waals surface area contributed by atoms with Gasteiger partial charge in [0.1, 0.15) is 0 Å². The van der Waals surface area contributed by atoms with E-state index in [1.54, 1.807) is 0 Å². The summed E-state index contributed by atoms with van der Waals surface area (Å²) in [5.74, 6) is -0.718. The van der Waals surface area contributed by atoms with Crippen molar-refractivity contribution in [3.8, 4) is 0 Å². The average Bonchev–Trinajstić information content (AvgIpc) is 2.41. The summed E-state index contributed by atoms with van der Waals surface area (Å²) in [6, 6.07) is 0. The number of unbranched alkanes of at least 4 members (excludes halogenated alkanes) is 4. The third kappa shape index (κ3) is 6.97. The van der Waals surface area contributed by atoms with Gasteiger partial charge in [-0.05, 0) is 25.1 Å². The number of hydrogen-bond acceptors (Lipinski definition) is 3. The van der Waals surface area contributed by atoms with Crippen molar-refractivity contribution in [2.45, 2.75) is 38.5 Å². The van der Waals surface area contributed by atoms with Crippen molar-refractivity contribution < 1.29 is 14.7 Å². The molecule has 5 nitrogen and oxygen atoms in total. The summed E-state index contributed by atoms with van der Waals surface area (Å²) in [4.78, 5) is 24.1. The molecule has 0 saturated heterocycles. The second-order valence-electron chi connectivity index (χ2n) is 5.12. The second-order valence-corrected chi connectivity index (χ2v) is 5.12. The fraction of sp³-hybridized carbons (Fsp3) is 0.600. The molecule has 112 valence electrons. The Morgan fingerprint density at radius 3 is 2.65 bits per heavy atom. The van der Waals surface area contributed by atoms with E-state index in [0.29, 0.717) is 13.1 Å². The molecule has 0 aromatic heterocycles.